The third-order valence-corrected chi connectivity index (χ3v) is 4.38. The van der Waals surface area contributed by atoms with Gasteiger partial charge < -0.3 is 5.32 Å². The van der Waals surface area contributed by atoms with Gasteiger partial charge in [0.05, 0.1) is 0 Å². The molecule has 16 heavy (non-hydrogen) atoms. The van der Waals surface area contributed by atoms with Crippen LogP contribution in [0.3, 0.4) is 0 Å². The van der Waals surface area contributed by atoms with Gasteiger partial charge in [0, 0.05) is 25.2 Å². The molecule has 2 N–H and O–H groups in total. The number of likely N-dealkylation sites (N-methyl/N-ethyl adjacent to an activating group) is 1. The monoisotopic (exact) mass is 249 g/mol. The summed E-state index contributed by atoms with van der Waals surface area (Å²) in [7, 11) is -3.29. The molecule has 1 rings (SSSR count). The van der Waals surface area contributed by atoms with Crippen molar-refractivity contribution in [1.82, 2.24) is 14.3 Å². The molecule has 0 aliphatic carbocycles. The van der Waals surface area contributed by atoms with Gasteiger partial charge in [-0.2, -0.15) is 17.4 Å². The number of nitrogens with one attached hydrogen (secondary N) is 2. The van der Waals surface area contributed by atoms with Gasteiger partial charge in [-0.15, -0.1) is 0 Å². The topological polar surface area (TPSA) is 61.4 Å². The van der Waals surface area contributed by atoms with Gasteiger partial charge >= 0.3 is 0 Å². The molecule has 1 aliphatic rings. The predicted molar refractivity (Wildman–Crippen MR) is 65.5 cm³/mol. The summed E-state index contributed by atoms with van der Waals surface area (Å²) >= 11 is 0. The Balaban J connectivity index is 2.59. The SMILES string of the molecule is CCNC1CCCN(S(=O)(=O)NC(C)C)C1. The third kappa shape index (κ3) is 4.01. The van der Waals surface area contributed by atoms with E-state index in [-0.39, 0.29) is 6.04 Å². The van der Waals surface area contributed by atoms with Crippen LogP contribution in [0.5, 0.6) is 0 Å². The van der Waals surface area contributed by atoms with Crippen LogP contribution in [0, 0.1) is 0 Å². The molecule has 0 aromatic heterocycles. The lowest BCUT2D eigenvalue weighted by Crippen LogP contribution is -2.52. The number of rotatable bonds is 5. The van der Waals surface area contributed by atoms with E-state index in [1.807, 2.05) is 20.8 Å². The van der Waals surface area contributed by atoms with E-state index < -0.39 is 10.2 Å². The van der Waals surface area contributed by atoms with Gasteiger partial charge in [-0.25, -0.2) is 0 Å². The Labute approximate surface area is 98.8 Å². The van der Waals surface area contributed by atoms with E-state index >= 15 is 0 Å². The minimum absolute atomic E-state index is 0.0514. The molecular weight excluding hydrogens is 226 g/mol. The number of hydrogen-bond acceptors (Lipinski definition) is 3. The predicted octanol–water partition coefficient (Wildman–Crippen LogP) is 0.303. The molecule has 1 saturated heterocycles. The van der Waals surface area contributed by atoms with Crippen molar-refractivity contribution in [3.63, 3.8) is 0 Å². The third-order valence-electron chi connectivity index (χ3n) is 2.60. The number of nitrogens with zero attached hydrogens (tertiary/aromatic N) is 1. The Morgan fingerprint density at radius 3 is 2.69 bits per heavy atom. The van der Waals surface area contributed by atoms with Gasteiger partial charge in [-0.3, -0.25) is 0 Å². The molecule has 5 nitrogen and oxygen atoms in total. The van der Waals surface area contributed by atoms with E-state index in [0.717, 1.165) is 19.4 Å². The number of piperidine rings is 1. The first kappa shape index (κ1) is 13.9. The summed E-state index contributed by atoms with van der Waals surface area (Å²) in [4.78, 5) is 0. The summed E-state index contributed by atoms with van der Waals surface area (Å²) < 4.78 is 28.0. The molecular formula is C10H23N3O2S. The molecule has 0 saturated carbocycles. The van der Waals surface area contributed by atoms with Gasteiger partial charge in [0.25, 0.3) is 10.2 Å². The average Bonchev–Trinajstić information content (AvgIpc) is 2.16. The largest absolute Gasteiger partial charge is 0.313 e. The Hall–Kier alpha value is -0.170. The van der Waals surface area contributed by atoms with Crippen molar-refractivity contribution in [3.8, 4) is 0 Å². The first-order valence-electron chi connectivity index (χ1n) is 5.96. The highest BCUT2D eigenvalue weighted by Gasteiger charge is 2.28. The van der Waals surface area contributed by atoms with Crippen LogP contribution >= 0.6 is 0 Å². The van der Waals surface area contributed by atoms with Gasteiger partial charge in [0.2, 0.25) is 0 Å². The molecule has 0 amide bonds. The molecule has 1 atom stereocenters. The van der Waals surface area contributed by atoms with Crippen LogP contribution in [0.15, 0.2) is 0 Å². The summed E-state index contributed by atoms with van der Waals surface area (Å²) in [5.74, 6) is 0. The second-order valence-electron chi connectivity index (χ2n) is 4.53. The molecule has 0 bridgehead atoms. The van der Waals surface area contributed by atoms with E-state index in [0.29, 0.717) is 19.1 Å². The minimum Gasteiger partial charge on any atom is -0.313 e. The molecule has 0 aromatic rings. The highest BCUT2D eigenvalue weighted by atomic mass is 32.2. The highest BCUT2D eigenvalue weighted by Crippen LogP contribution is 2.13. The first-order chi connectivity index (χ1) is 7.45. The second kappa shape index (κ2) is 5.95. The maximum Gasteiger partial charge on any atom is 0.279 e. The lowest BCUT2D eigenvalue weighted by molar-refractivity contribution is 0.282. The Bertz CT molecular complexity index is 301. The molecule has 96 valence electrons. The van der Waals surface area contributed by atoms with Crippen LogP contribution in [0.1, 0.15) is 33.6 Å². The fourth-order valence-electron chi connectivity index (χ4n) is 1.99. The van der Waals surface area contributed by atoms with Crippen molar-refractivity contribution in [2.24, 2.45) is 0 Å². The van der Waals surface area contributed by atoms with Crippen molar-refractivity contribution >= 4 is 10.2 Å². The van der Waals surface area contributed by atoms with Crippen molar-refractivity contribution in [1.29, 1.82) is 0 Å². The van der Waals surface area contributed by atoms with E-state index in [1.165, 1.54) is 0 Å². The Morgan fingerprint density at radius 1 is 1.44 bits per heavy atom. The minimum atomic E-state index is -3.29. The molecule has 6 heteroatoms. The molecule has 0 aromatic carbocycles. The van der Waals surface area contributed by atoms with Crippen LogP contribution in [0.2, 0.25) is 0 Å². The Kier molecular flexibility index (Phi) is 5.17. The van der Waals surface area contributed by atoms with Crippen LogP contribution in [0.4, 0.5) is 0 Å². The standard InChI is InChI=1S/C10H23N3O2S/c1-4-11-10-6-5-7-13(8-10)16(14,15)12-9(2)3/h9-12H,4-8H2,1-3H3. The van der Waals surface area contributed by atoms with Crippen molar-refractivity contribution in [2.75, 3.05) is 19.6 Å². The summed E-state index contributed by atoms with van der Waals surface area (Å²) in [6.07, 6.45) is 1.98. The van der Waals surface area contributed by atoms with Crippen molar-refractivity contribution in [3.05, 3.63) is 0 Å². The van der Waals surface area contributed by atoms with Crippen LogP contribution in [-0.2, 0) is 10.2 Å². The molecule has 1 aliphatic heterocycles. The molecule has 1 unspecified atom stereocenters. The molecule has 1 heterocycles. The van der Waals surface area contributed by atoms with Gasteiger partial charge in [-0.05, 0) is 33.2 Å². The van der Waals surface area contributed by atoms with Crippen LogP contribution in [-0.4, -0.2) is 44.4 Å². The maximum absolute atomic E-state index is 11.9. The fraction of sp³-hybridized carbons (Fsp3) is 1.00. The normalized spacial score (nSPS) is 23.9. The highest BCUT2D eigenvalue weighted by molar-refractivity contribution is 7.87. The van der Waals surface area contributed by atoms with Gasteiger partial charge in [0.1, 0.15) is 0 Å². The van der Waals surface area contributed by atoms with Crippen molar-refractivity contribution in [2.45, 2.75) is 45.7 Å². The maximum atomic E-state index is 11.9. The van der Waals surface area contributed by atoms with E-state index in [1.54, 1.807) is 4.31 Å². The number of hydrogen-bond donors (Lipinski definition) is 2. The smallest absolute Gasteiger partial charge is 0.279 e. The lowest BCUT2D eigenvalue weighted by Gasteiger charge is -2.32. The van der Waals surface area contributed by atoms with E-state index in [4.69, 9.17) is 0 Å². The fourth-order valence-corrected chi connectivity index (χ4v) is 3.48. The van der Waals surface area contributed by atoms with E-state index in [9.17, 15) is 8.42 Å². The molecule has 0 spiro atoms. The zero-order chi connectivity index (χ0) is 12.2. The van der Waals surface area contributed by atoms with Crippen LogP contribution < -0.4 is 10.0 Å². The summed E-state index contributed by atoms with van der Waals surface area (Å²) in [6, 6.07) is 0.243. The molecule has 1 fully saturated rings. The summed E-state index contributed by atoms with van der Waals surface area (Å²) in [6.45, 7) is 7.81. The summed E-state index contributed by atoms with van der Waals surface area (Å²) in [5, 5.41) is 3.31. The summed E-state index contributed by atoms with van der Waals surface area (Å²) in [5.41, 5.74) is 0. The zero-order valence-corrected chi connectivity index (χ0v) is 11.2. The first-order valence-corrected chi connectivity index (χ1v) is 7.40. The van der Waals surface area contributed by atoms with Gasteiger partial charge in [0.15, 0.2) is 0 Å². The zero-order valence-electron chi connectivity index (χ0n) is 10.4. The van der Waals surface area contributed by atoms with Crippen LogP contribution in [0.25, 0.3) is 0 Å². The lowest BCUT2D eigenvalue weighted by atomic mass is 10.1. The average molecular weight is 249 g/mol. The second-order valence-corrected chi connectivity index (χ2v) is 6.23. The van der Waals surface area contributed by atoms with E-state index in [2.05, 4.69) is 10.0 Å². The van der Waals surface area contributed by atoms with Gasteiger partial charge in [-0.1, -0.05) is 6.92 Å². The van der Waals surface area contributed by atoms with Crippen molar-refractivity contribution < 1.29 is 8.42 Å². The quantitative estimate of drug-likeness (QED) is 0.737. The molecule has 0 radical (unpaired) electrons. The Morgan fingerprint density at radius 2 is 2.12 bits per heavy atom.